The van der Waals surface area contributed by atoms with Crippen LogP contribution in [0.1, 0.15) is 30.5 Å². The van der Waals surface area contributed by atoms with Crippen LogP contribution in [0.3, 0.4) is 0 Å². The van der Waals surface area contributed by atoms with E-state index >= 15 is 4.39 Å². The van der Waals surface area contributed by atoms with E-state index in [1.165, 1.54) is 54.0 Å². The lowest BCUT2D eigenvalue weighted by Crippen LogP contribution is -2.49. The summed E-state index contributed by atoms with van der Waals surface area (Å²) in [7, 11) is 0. The maximum Gasteiger partial charge on any atom is 0.319 e. The summed E-state index contributed by atoms with van der Waals surface area (Å²) in [5.74, 6) is -1.18. The molecule has 272 valence electrons. The molecule has 0 radical (unpaired) electrons. The predicted molar refractivity (Wildman–Crippen MR) is 190 cm³/mol. The smallest absolute Gasteiger partial charge is 0.319 e. The number of carbonyl (C=O) groups excluding carboxylic acids is 1. The first-order chi connectivity index (χ1) is 25.7. The lowest BCUT2D eigenvalue weighted by molar-refractivity contribution is -0.128. The molecule has 5 aromatic rings. The van der Waals surface area contributed by atoms with Crippen molar-refractivity contribution in [2.45, 2.75) is 25.4 Å². The number of nitrogens with zero attached hydrogens (tertiary/aromatic N) is 7. The van der Waals surface area contributed by atoms with E-state index in [1.54, 1.807) is 4.90 Å². The van der Waals surface area contributed by atoms with Gasteiger partial charge < -0.3 is 25.0 Å². The lowest BCUT2D eigenvalue weighted by atomic mass is 9.96. The van der Waals surface area contributed by atoms with Gasteiger partial charge in [0, 0.05) is 68.3 Å². The maximum atomic E-state index is 16.8. The minimum atomic E-state index is -1.06. The van der Waals surface area contributed by atoms with Crippen molar-refractivity contribution in [2.24, 2.45) is 5.92 Å². The highest BCUT2D eigenvalue weighted by molar-refractivity contribution is 6.03. The fourth-order valence-electron chi connectivity index (χ4n) is 6.80. The van der Waals surface area contributed by atoms with Gasteiger partial charge in [0.1, 0.15) is 34.8 Å². The maximum absolute atomic E-state index is 16.8. The largest absolute Gasteiger partial charge is 0.508 e. The number of pyridine rings is 1. The van der Waals surface area contributed by atoms with Gasteiger partial charge >= 0.3 is 6.01 Å². The summed E-state index contributed by atoms with van der Waals surface area (Å²) in [6.45, 7) is 1.63. The normalized spacial score (nSPS) is 18.4. The number of hydrogen-bond donors (Lipinski definition) is 2. The number of carbonyl (C=O) groups is 1. The molecule has 0 spiro atoms. The minimum Gasteiger partial charge on any atom is -0.508 e. The van der Waals surface area contributed by atoms with Crippen molar-refractivity contribution < 1.29 is 32.2 Å². The molecular formula is C38H34F4N8O3. The average molecular weight is 727 g/mol. The number of hydrogen-bond acceptors (Lipinski definition) is 10. The van der Waals surface area contributed by atoms with E-state index in [0.29, 0.717) is 18.4 Å². The summed E-state index contributed by atoms with van der Waals surface area (Å²) in [5, 5.41) is 14.4. The molecule has 1 amide bonds. The number of halogens is 4. The Morgan fingerprint density at radius 2 is 1.94 bits per heavy atom. The number of rotatable bonds is 7. The first-order valence-corrected chi connectivity index (χ1v) is 17.1. The van der Waals surface area contributed by atoms with Crippen molar-refractivity contribution in [3.05, 3.63) is 77.8 Å². The lowest BCUT2D eigenvalue weighted by Gasteiger charge is -2.35. The summed E-state index contributed by atoms with van der Waals surface area (Å²) in [6, 6.07) is 5.08. The molecule has 15 heteroatoms. The minimum absolute atomic E-state index is 0.0512. The number of nitrogens with one attached hydrogen (secondary N) is 1. The molecule has 2 aliphatic rings. The highest BCUT2D eigenvalue weighted by Gasteiger charge is 2.29. The monoisotopic (exact) mass is 726 g/mol. The van der Waals surface area contributed by atoms with Gasteiger partial charge in [0.2, 0.25) is 0 Å². The van der Waals surface area contributed by atoms with E-state index in [4.69, 9.17) is 11.2 Å². The molecule has 2 aliphatic heterocycles. The van der Waals surface area contributed by atoms with Crippen LogP contribution >= 0.6 is 0 Å². The van der Waals surface area contributed by atoms with E-state index < -0.39 is 29.5 Å². The van der Waals surface area contributed by atoms with E-state index in [9.17, 15) is 23.1 Å². The zero-order valence-corrected chi connectivity index (χ0v) is 28.4. The van der Waals surface area contributed by atoms with Crippen LogP contribution in [0, 0.1) is 29.9 Å². The number of anilines is 1. The Bertz CT molecular complexity index is 2240. The summed E-state index contributed by atoms with van der Waals surface area (Å²) in [6.07, 6.45) is 12.9. The third-order valence-corrected chi connectivity index (χ3v) is 9.39. The molecule has 0 unspecified atom stereocenters. The third kappa shape index (κ3) is 7.54. The number of benzene rings is 2. The molecule has 2 saturated heterocycles. The highest BCUT2D eigenvalue weighted by atomic mass is 19.1. The van der Waals surface area contributed by atoms with Crippen molar-refractivity contribution in [2.75, 3.05) is 50.8 Å². The van der Waals surface area contributed by atoms with Gasteiger partial charge in [-0.25, -0.2) is 17.6 Å². The van der Waals surface area contributed by atoms with Gasteiger partial charge in [-0.1, -0.05) is 12.0 Å². The van der Waals surface area contributed by atoms with Gasteiger partial charge in [-0.15, -0.1) is 6.42 Å². The topological polar surface area (TPSA) is 129 Å². The van der Waals surface area contributed by atoms with E-state index in [0.717, 1.165) is 12.5 Å². The van der Waals surface area contributed by atoms with E-state index in [-0.39, 0.29) is 108 Å². The predicted octanol–water partition coefficient (Wildman–Crippen LogP) is 5.37. The molecule has 53 heavy (non-hydrogen) atoms. The van der Waals surface area contributed by atoms with Crippen molar-refractivity contribution in [3.63, 3.8) is 0 Å². The number of piperazine rings is 1. The van der Waals surface area contributed by atoms with Crippen LogP contribution in [0.2, 0.25) is 0 Å². The van der Waals surface area contributed by atoms with Gasteiger partial charge in [-0.3, -0.25) is 19.7 Å². The Morgan fingerprint density at radius 1 is 1.11 bits per heavy atom. The number of alkyl halides is 1. The van der Waals surface area contributed by atoms with Crippen LogP contribution in [0.15, 0.2) is 54.9 Å². The molecule has 2 aromatic carbocycles. The molecule has 11 nitrogen and oxygen atoms in total. The molecule has 0 saturated carbocycles. The molecular weight excluding hydrogens is 692 g/mol. The number of terminal acetylenes is 1. The number of phenols is 1. The number of amides is 1. The van der Waals surface area contributed by atoms with Crippen LogP contribution in [0.5, 0.6) is 11.8 Å². The number of fused-ring (bicyclic) bond motifs is 2. The van der Waals surface area contributed by atoms with Gasteiger partial charge in [0.25, 0.3) is 5.91 Å². The van der Waals surface area contributed by atoms with Gasteiger partial charge in [-0.2, -0.15) is 9.97 Å². The first-order valence-electron chi connectivity index (χ1n) is 17.1. The summed E-state index contributed by atoms with van der Waals surface area (Å²) < 4.78 is 67.2. The van der Waals surface area contributed by atoms with Crippen LogP contribution in [0.25, 0.3) is 39.0 Å². The Balaban J connectivity index is 1.25. The van der Waals surface area contributed by atoms with Crippen LogP contribution in [0.4, 0.5) is 23.4 Å². The van der Waals surface area contributed by atoms with Crippen molar-refractivity contribution in [1.29, 1.82) is 0 Å². The fourth-order valence-corrected chi connectivity index (χ4v) is 6.80. The molecule has 2 fully saturated rings. The zero-order chi connectivity index (χ0) is 37.1. The van der Waals surface area contributed by atoms with Crippen LogP contribution in [-0.4, -0.2) is 92.9 Å². The second-order valence-electron chi connectivity index (χ2n) is 12.9. The summed E-state index contributed by atoms with van der Waals surface area (Å²) in [4.78, 5) is 37.4. The fraction of sp³-hybridized carbons (Fsp3) is 0.316. The van der Waals surface area contributed by atoms with E-state index in [1.807, 2.05) is 0 Å². The van der Waals surface area contributed by atoms with E-state index in [2.05, 4.69) is 36.2 Å². The van der Waals surface area contributed by atoms with Gasteiger partial charge in [-0.05, 0) is 55.3 Å². The van der Waals surface area contributed by atoms with Crippen molar-refractivity contribution in [1.82, 2.24) is 35.1 Å². The zero-order valence-electron chi connectivity index (χ0n) is 28.4. The molecule has 7 rings (SSSR count). The molecule has 2 atom stereocenters. The van der Waals surface area contributed by atoms with Crippen LogP contribution < -0.4 is 15.0 Å². The van der Waals surface area contributed by atoms with Crippen molar-refractivity contribution in [3.8, 4) is 35.4 Å². The average Bonchev–Trinajstić information content (AvgIpc) is 3.15. The van der Waals surface area contributed by atoms with Gasteiger partial charge in [0.15, 0.2) is 11.6 Å². The van der Waals surface area contributed by atoms with Gasteiger partial charge in [0.05, 0.1) is 29.4 Å². The highest BCUT2D eigenvalue weighted by Crippen LogP contribution is 2.39. The third-order valence-electron chi connectivity index (χ3n) is 9.39. The van der Waals surface area contributed by atoms with Crippen LogP contribution in [-0.2, 0) is 4.79 Å². The molecule has 0 aliphatic carbocycles. The summed E-state index contributed by atoms with van der Waals surface area (Å²) in [5.41, 5.74) is -0.294. The number of aromatic nitrogens is 5. The molecule has 3 aromatic heterocycles. The summed E-state index contributed by atoms with van der Waals surface area (Å²) >= 11 is 0. The first kappa shape index (κ1) is 35.5. The number of phenolic OH excluding ortho intramolecular Hbond substituents is 1. The quantitative estimate of drug-likeness (QED) is 0.128. The Labute approximate surface area is 301 Å². The standard InChI is InChI=1S/C38H34F4N8O3/c1-2-27-30(40)6-5-23-15-26(51)17-28(32(23)27)34-33(42)35-29(20-46-34)36(48-38(47-35)53-21-22-4-3-7-43-18-24(39)14-22)49-10-12-50(13-11-49)37(52)31(41)16-25-19-44-8-9-45-25/h1,5-6,8-9,15-17,19-20,22,24,43,51H,3-4,7,10-14,18,21H2/b31-16-/t22-,24-/m1/s1. The Kier molecular flexibility index (Phi) is 10.3. The Morgan fingerprint density at radius 3 is 2.72 bits per heavy atom. The Hall–Kier alpha value is -5.88. The molecule has 0 bridgehead atoms. The second-order valence-corrected chi connectivity index (χ2v) is 12.9. The molecule has 5 heterocycles. The number of aromatic hydroxyl groups is 1. The van der Waals surface area contributed by atoms with Crippen molar-refractivity contribution >= 4 is 39.5 Å². The second kappa shape index (κ2) is 15.4. The SMILES string of the molecule is C#Cc1c(F)ccc2cc(O)cc(-c3ncc4c(N5CCN(C(=O)/C(F)=C/c6cnccn6)CC5)nc(OC[C@@H]5CCCNC[C@H](F)C5)nc4c3F)c12. The number of ether oxygens (including phenoxy) is 1. The molecule has 2 N–H and O–H groups in total.